The summed E-state index contributed by atoms with van der Waals surface area (Å²) in [5.41, 5.74) is 9.25. The Bertz CT molecular complexity index is 3710. The molecule has 8 aromatic heterocycles. The fourth-order valence-corrected chi connectivity index (χ4v) is 11.0. The average Bonchev–Trinajstić information content (AvgIpc) is 1.81. The minimum Gasteiger partial charge on any atom is -0.490 e. The highest BCUT2D eigenvalue weighted by molar-refractivity contribution is 5.61. The molecule has 8 aliphatic heterocycles. The second kappa shape index (κ2) is 37.1. The molecule has 0 N–H and O–H groups in total. The second-order valence-corrected chi connectivity index (χ2v) is 25.7. The quantitative estimate of drug-likeness (QED) is 0.136. The normalized spacial score (nSPS) is 15.5. The molecule has 16 heterocycles. The molecule has 8 aromatic rings. The number of ether oxygens (including phenoxy) is 8. The molecule has 544 valence electrons. The standard InChI is InChI=1S/C10H14N2O.2C9H13N3O.2C9H12N2O.C8H12N4O.2C8H11N3O.CH4/c1-8(2)9-10-11-4-6-12(10)5-3-7-13-9;1-7(2)8-9-11-10-6-12(9)4-3-5-13-8;1-7(2)8-9-10-6-11-12(9)4-3-5-13-8;2*1-7(2)8-9-10-3-4-11(9)5-6-12-8;1-6(2)7-8-9-10-11-12(8)4-3-5-13-7;1-6(2)7-8-10-9-5-11(8)3-4-12-7;1-6(2)7-8-9-5-10-11(8)3-4-12-7;/h4,6H,3,5,7H2,1-2H3;2*6H,3-5H2,1-2H3;2*3-4H,5-6H2,1-2H3;3-5H2,1-2H3;2*5H,3-4H2,1-2H3;1H4. The second-order valence-electron chi connectivity index (χ2n) is 25.7. The van der Waals surface area contributed by atoms with Crippen LogP contribution in [0.5, 0.6) is 0 Å². The lowest BCUT2D eigenvalue weighted by Gasteiger charge is -2.19. The molecule has 30 heteroatoms. The van der Waals surface area contributed by atoms with E-state index in [1.807, 2.05) is 153 Å². The summed E-state index contributed by atoms with van der Waals surface area (Å²) >= 11 is 0. The summed E-state index contributed by atoms with van der Waals surface area (Å²) in [6, 6.07) is 0. The van der Waals surface area contributed by atoms with Gasteiger partial charge in [-0.1, -0.05) is 7.43 Å². The van der Waals surface area contributed by atoms with Crippen LogP contribution in [0.2, 0.25) is 0 Å². The van der Waals surface area contributed by atoms with E-state index >= 15 is 0 Å². The largest absolute Gasteiger partial charge is 0.490 e. The Morgan fingerprint density at radius 2 is 0.584 bits per heavy atom. The molecule has 0 saturated carbocycles. The van der Waals surface area contributed by atoms with Gasteiger partial charge in [0.25, 0.3) is 0 Å². The zero-order valence-electron chi connectivity index (χ0n) is 61.0. The van der Waals surface area contributed by atoms with E-state index in [9.17, 15) is 0 Å². The number of allylic oxidation sites excluding steroid dienone is 8. The number of fused-ring (bicyclic) bond motifs is 8. The molecule has 0 bridgehead atoms. The molecule has 0 unspecified atom stereocenters. The van der Waals surface area contributed by atoms with Crippen LogP contribution in [-0.4, -0.2) is 161 Å². The van der Waals surface area contributed by atoms with Gasteiger partial charge in [-0.15, -0.1) is 25.5 Å². The van der Waals surface area contributed by atoms with Crippen molar-refractivity contribution in [3.63, 3.8) is 0 Å². The van der Waals surface area contributed by atoms with Crippen molar-refractivity contribution < 1.29 is 37.9 Å². The minimum atomic E-state index is 0. The van der Waals surface area contributed by atoms with Crippen molar-refractivity contribution in [2.45, 2.75) is 196 Å². The molecular weight excluding hydrogens is 1290 g/mol. The van der Waals surface area contributed by atoms with Crippen LogP contribution in [0.15, 0.2) is 107 Å². The Morgan fingerprint density at radius 1 is 0.287 bits per heavy atom. The van der Waals surface area contributed by atoms with Crippen molar-refractivity contribution in [1.29, 1.82) is 0 Å². The summed E-state index contributed by atoms with van der Waals surface area (Å²) in [4.78, 5) is 21.1. The number of tetrazole rings is 1. The molecule has 0 radical (unpaired) electrons. The number of rotatable bonds is 0. The van der Waals surface area contributed by atoms with Gasteiger partial charge in [-0.2, -0.15) is 10.2 Å². The smallest absolute Gasteiger partial charge is 0.217 e. The lowest BCUT2D eigenvalue weighted by molar-refractivity contribution is 0.225. The molecule has 8 aliphatic rings. The zero-order chi connectivity index (χ0) is 71.2. The Hall–Kier alpha value is -10.4. The highest BCUT2D eigenvalue weighted by Crippen LogP contribution is 2.28. The Labute approximate surface area is 592 Å². The Morgan fingerprint density at radius 3 is 0.990 bits per heavy atom. The topological polar surface area (TPSA) is 294 Å². The van der Waals surface area contributed by atoms with E-state index in [0.717, 1.165) is 238 Å². The first kappa shape index (κ1) is 76.3. The predicted octanol–water partition coefficient (Wildman–Crippen LogP) is 11.9. The highest BCUT2D eigenvalue weighted by Gasteiger charge is 2.24. The number of hydrogen-bond donors (Lipinski definition) is 0. The van der Waals surface area contributed by atoms with Crippen molar-refractivity contribution in [2.24, 2.45) is 0 Å². The van der Waals surface area contributed by atoms with Gasteiger partial charge in [0, 0.05) is 76.2 Å². The molecule has 0 aliphatic carbocycles. The lowest BCUT2D eigenvalue weighted by atomic mass is 10.2. The van der Waals surface area contributed by atoms with Crippen molar-refractivity contribution in [1.82, 2.24) is 108 Å². The molecule has 0 saturated heterocycles. The van der Waals surface area contributed by atoms with Crippen LogP contribution in [0, 0.1) is 0 Å². The van der Waals surface area contributed by atoms with Crippen LogP contribution in [0.4, 0.5) is 0 Å². The van der Waals surface area contributed by atoms with Crippen molar-refractivity contribution >= 4 is 46.1 Å². The summed E-state index contributed by atoms with van der Waals surface area (Å²) in [6.45, 7) is 45.5. The van der Waals surface area contributed by atoms with Gasteiger partial charge >= 0.3 is 0 Å². The van der Waals surface area contributed by atoms with E-state index in [1.165, 1.54) is 16.7 Å². The number of imidazole rings is 3. The SMILES string of the molecule is C.CC(C)=C1OCCCn2ccnc21.CC(C)=C1OCCCn2cnnc21.CC(C)=C1OCCCn2ncnc21.CC(C)=C1OCCCn2nnnc21.CC(C)=C1OCCn2ccnc21.CC(C)=C1OCCn2ccnc21.CC(C)=C1OCCn2cnnc21.CC(C)=C1OCCn2ncnc21. The number of aromatic nitrogens is 22. The molecule has 0 fully saturated rings. The molecule has 30 nitrogen and oxygen atoms in total. The maximum Gasteiger partial charge on any atom is 0.217 e. The summed E-state index contributed by atoms with van der Waals surface area (Å²) in [6.07, 6.45) is 22.1. The van der Waals surface area contributed by atoms with E-state index < -0.39 is 0 Å². The molecular formula is C71H102N22O8. The highest BCUT2D eigenvalue weighted by atomic mass is 16.5. The van der Waals surface area contributed by atoms with Gasteiger partial charge in [-0.25, -0.2) is 39.0 Å². The van der Waals surface area contributed by atoms with E-state index in [2.05, 4.69) is 98.6 Å². The van der Waals surface area contributed by atoms with Gasteiger partial charge in [0.05, 0.1) is 52.6 Å². The third-order valence-electron chi connectivity index (χ3n) is 15.8. The molecule has 0 amide bonds. The van der Waals surface area contributed by atoms with Gasteiger partial charge in [0.2, 0.25) is 5.82 Å². The number of aryl methyl sites for hydroxylation is 4. The van der Waals surface area contributed by atoms with Crippen LogP contribution in [0.25, 0.3) is 46.1 Å². The summed E-state index contributed by atoms with van der Waals surface area (Å²) < 4.78 is 60.4. The van der Waals surface area contributed by atoms with E-state index in [-0.39, 0.29) is 7.43 Å². The van der Waals surface area contributed by atoms with Crippen LogP contribution in [0.1, 0.15) is 190 Å². The molecule has 101 heavy (non-hydrogen) atoms. The Kier molecular flexibility index (Phi) is 28.1. The summed E-state index contributed by atoms with van der Waals surface area (Å²) in [7, 11) is 0. The van der Waals surface area contributed by atoms with E-state index in [4.69, 9.17) is 37.9 Å². The van der Waals surface area contributed by atoms with E-state index in [1.54, 1.807) is 30.0 Å². The fourth-order valence-electron chi connectivity index (χ4n) is 11.0. The van der Waals surface area contributed by atoms with Gasteiger partial charge in [-0.05, 0) is 179 Å². The van der Waals surface area contributed by atoms with Crippen LogP contribution >= 0.6 is 0 Å². The maximum atomic E-state index is 5.65. The van der Waals surface area contributed by atoms with Gasteiger partial charge < -0.3 is 60.7 Å². The monoisotopic (exact) mass is 1390 g/mol. The van der Waals surface area contributed by atoms with Gasteiger partial charge in [0.1, 0.15) is 51.7 Å². The third-order valence-corrected chi connectivity index (χ3v) is 15.8. The number of nitrogens with zero attached hydrogens (tertiary/aromatic N) is 22. The first-order valence-corrected chi connectivity index (χ1v) is 34.1. The molecule has 16 rings (SSSR count). The number of hydrogen-bond acceptors (Lipinski definition) is 22. The minimum absolute atomic E-state index is 0. The van der Waals surface area contributed by atoms with E-state index in [0.29, 0.717) is 13.2 Å². The van der Waals surface area contributed by atoms with Crippen LogP contribution in [-0.2, 0) is 90.3 Å². The van der Waals surface area contributed by atoms with Crippen molar-refractivity contribution in [2.75, 3.05) is 52.9 Å². The van der Waals surface area contributed by atoms with Crippen molar-refractivity contribution in [3.8, 4) is 0 Å². The first-order chi connectivity index (χ1) is 48.3. The molecule has 0 atom stereocenters. The van der Waals surface area contributed by atoms with Gasteiger partial charge in [0.15, 0.2) is 86.8 Å². The zero-order valence-corrected chi connectivity index (χ0v) is 61.0. The van der Waals surface area contributed by atoms with Crippen molar-refractivity contribution in [3.05, 3.63) is 154 Å². The molecule has 0 aromatic carbocycles. The third kappa shape index (κ3) is 20.0. The van der Waals surface area contributed by atoms with Crippen LogP contribution < -0.4 is 0 Å². The lowest BCUT2D eigenvalue weighted by Crippen LogP contribution is -2.17. The first-order valence-electron chi connectivity index (χ1n) is 34.1. The predicted molar refractivity (Wildman–Crippen MR) is 384 cm³/mol. The maximum absolute atomic E-state index is 5.65. The average molecular weight is 1390 g/mol. The van der Waals surface area contributed by atoms with Gasteiger partial charge in [-0.3, -0.25) is 0 Å². The van der Waals surface area contributed by atoms with Crippen LogP contribution in [0.3, 0.4) is 0 Å². The summed E-state index contributed by atoms with van der Waals surface area (Å²) in [5, 5.41) is 35.4. The Balaban J connectivity index is 0.000000146. The summed E-state index contributed by atoms with van der Waals surface area (Å²) in [5.74, 6) is 14.2. The fraction of sp³-hybridized carbons (Fsp3) is 0.521. The molecule has 0 spiro atoms.